The van der Waals surface area contributed by atoms with Gasteiger partial charge in [-0.3, -0.25) is 4.79 Å². The van der Waals surface area contributed by atoms with Gasteiger partial charge < -0.3 is 4.90 Å². The van der Waals surface area contributed by atoms with Gasteiger partial charge >= 0.3 is 0 Å². The fourth-order valence-corrected chi connectivity index (χ4v) is 1.24. The molecule has 0 spiro atoms. The average molecular weight is 196 g/mol. The van der Waals surface area contributed by atoms with Crippen LogP contribution in [-0.4, -0.2) is 23.9 Å². The van der Waals surface area contributed by atoms with Gasteiger partial charge in [0.1, 0.15) is 5.41 Å². The minimum Gasteiger partial charge on any atom is -0.341 e. The third-order valence-corrected chi connectivity index (χ3v) is 2.07. The lowest BCUT2D eigenvalue weighted by Gasteiger charge is -2.28. The van der Waals surface area contributed by atoms with Crippen LogP contribution in [0.3, 0.4) is 0 Å². The zero-order valence-electron chi connectivity index (χ0n) is 9.79. The van der Waals surface area contributed by atoms with E-state index < -0.39 is 5.41 Å². The predicted molar refractivity (Wildman–Crippen MR) is 56.5 cm³/mol. The molecule has 1 amide bonds. The summed E-state index contributed by atoms with van der Waals surface area (Å²) in [6, 6.07) is 2.04. The molecule has 0 saturated carbocycles. The Morgan fingerprint density at radius 3 is 2.29 bits per heavy atom. The van der Waals surface area contributed by atoms with Crippen LogP contribution in [0.5, 0.6) is 0 Å². The van der Waals surface area contributed by atoms with Crippen LogP contribution in [0.15, 0.2) is 0 Å². The summed E-state index contributed by atoms with van der Waals surface area (Å²) in [5.74, 6) is 0.365. The topological polar surface area (TPSA) is 44.1 Å². The highest BCUT2D eigenvalue weighted by atomic mass is 16.2. The Hall–Kier alpha value is -1.04. The molecule has 0 aromatic carbocycles. The molecule has 80 valence electrons. The molecule has 0 aromatic rings. The molecule has 0 unspecified atom stereocenters. The minimum absolute atomic E-state index is 0.0730. The van der Waals surface area contributed by atoms with Crippen LogP contribution in [0.25, 0.3) is 0 Å². The van der Waals surface area contributed by atoms with E-state index in [1.165, 1.54) is 0 Å². The van der Waals surface area contributed by atoms with Crippen LogP contribution >= 0.6 is 0 Å². The summed E-state index contributed by atoms with van der Waals surface area (Å²) < 4.78 is 0. The number of carbonyl (C=O) groups excluding carboxylic acids is 1. The number of hydrogen-bond acceptors (Lipinski definition) is 2. The quantitative estimate of drug-likeness (QED) is 0.690. The summed E-state index contributed by atoms with van der Waals surface area (Å²) in [4.78, 5) is 13.6. The molecule has 0 atom stereocenters. The van der Waals surface area contributed by atoms with Crippen molar-refractivity contribution in [3.05, 3.63) is 0 Å². The van der Waals surface area contributed by atoms with Gasteiger partial charge in [0.05, 0.1) is 6.07 Å². The van der Waals surface area contributed by atoms with Crippen LogP contribution < -0.4 is 0 Å². The summed E-state index contributed by atoms with van der Waals surface area (Å²) in [5.41, 5.74) is -0.898. The zero-order chi connectivity index (χ0) is 11.4. The van der Waals surface area contributed by atoms with E-state index in [2.05, 4.69) is 13.8 Å². The Morgan fingerprint density at radius 2 is 2.00 bits per heavy atom. The van der Waals surface area contributed by atoms with Crippen molar-refractivity contribution in [3.8, 4) is 6.07 Å². The van der Waals surface area contributed by atoms with Gasteiger partial charge in [-0.1, -0.05) is 13.8 Å². The van der Waals surface area contributed by atoms with Crippen molar-refractivity contribution in [1.29, 1.82) is 5.26 Å². The molecule has 0 aliphatic carbocycles. The molecule has 0 aliphatic heterocycles. The van der Waals surface area contributed by atoms with Crippen LogP contribution in [0, 0.1) is 22.7 Å². The lowest BCUT2D eigenvalue weighted by atomic mass is 9.93. The monoisotopic (exact) mass is 196 g/mol. The smallest absolute Gasteiger partial charge is 0.242 e. The number of nitriles is 1. The van der Waals surface area contributed by atoms with Gasteiger partial charge in [0, 0.05) is 13.1 Å². The van der Waals surface area contributed by atoms with E-state index in [0.717, 1.165) is 6.54 Å². The maximum Gasteiger partial charge on any atom is 0.242 e. The van der Waals surface area contributed by atoms with Crippen molar-refractivity contribution >= 4 is 5.91 Å². The van der Waals surface area contributed by atoms with Gasteiger partial charge in [-0.05, 0) is 26.7 Å². The third-order valence-electron chi connectivity index (χ3n) is 2.07. The first kappa shape index (κ1) is 13.0. The SMILES string of the molecule is CCN(CC(C)C)C(=O)C(C)(C)C#N. The molecule has 0 rings (SSSR count). The molecule has 0 aliphatic rings. The van der Waals surface area contributed by atoms with E-state index in [-0.39, 0.29) is 5.91 Å². The number of nitrogens with zero attached hydrogens (tertiary/aromatic N) is 2. The minimum atomic E-state index is -0.898. The largest absolute Gasteiger partial charge is 0.341 e. The lowest BCUT2D eigenvalue weighted by Crippen LogP contribution is -2.42. The van der Waals surface area contributed by atoms with Gasteiger partial charge in [-0.25, -0.2) is 0 Å². The van der Waals surface area contributed by atoms with E-state index in [9.17, 15) is 4.79 Å². The number of rotatable bonds is 4. The van der Waals surface area contributed by atoms with Crippen molar-refractivity contribution in [3.63, 3.8) is 0 Å². The fourth-order valence-electron chi connectivity index (χ4n) is 1.24. The van der Waals surface area contributed by atoms with E-state index >= 15 is 0 Å². The Bertz CT molecular complexity index is 238. The van der Waals surface area contributed by atoms with Crippen LogP contribution in [0.1, 0.15) is 34.6 Å². The Labute approximate surface area is 86.7 Å². The maximum atomic E-state index is 11.9. The van der Waals surface area contributed by atoms with E-state index in [1.54, 1.807) is 18.7 Å². The summed E-state index contributed by atoms with van der Waals surface area (Å²) in [5, 5.41) is 8.85. The molecule has 0 fully saturated rings. The molecule has 3 heteroatoms. The van der Waals surface area contributed by atoms with Gasteiger partial charge in [0.15, 0.2) is 0 Å². The molecule has 0 bridgehead atoms. The highest BCUT2D eigenvalue weighted by molar-refractivity contribution is 5.84. The summed E-state index contributed by atoms with van der Waals surface area (Å²) >= 11 is 0. The average Bonchev–Trinajstić information content (AvgIpc) is 2.12. The number of hydrogen-bond donors (Lipinski definition) is 0. The van der Waals surface area contributed by atoms with Gasteiger partial charge in [-0.2, -0.15) is 5.26 Å². The normalized spacial score (nSPS) is 11.2. The van der Waals surface area contributed by atoms with Gasteiger partial charge in [0.2, 0.25) is 5.91 Å². The first-order valence-electron chi connectivity index (χ1n) is 5.05. The van der Waals surface area contributed by atoms with Crippen LogP contribution in [-0.2, 0) is 4.79 Å². The van der Waals surface area contributed by atoms with Crippen molar-refractivity contribution in [2.24, 2.45) is 11.3 Å². The fraction of sp³-hybridized carbons (Fsp3) is 0.818. The molecule has 3 nitrogen and oxygen atoms in total. The second-order valence-electron chi connectivity index (χ2n) is 4.47. The Morgan fingerprint density at radius 1 is 1.50 bits per heavy atom. The maximum absolute atomic E-state index is 11.9. The Balaban J connectivity index is 4.56. The van der Waals surface area contributed by atoms with Gasteiger partial charge in [-0.15, -0.1) is 0 Å². The van der Waals surface area contributed by atoms with E-state index in [4.69, 9.17) is 5.26 Å². The van der Waals surface area contributed by atoms with Crippen molar-refractivity contribution in [2.75, 3.05) is 13.1 Å². The second-order valence-corrected chi connectivity index (χ2v) is 4.47. The predicted octanol–water partition coefficient (Wildman–Crippen LogP) is 2.04. The molecule has 0 N–H and O–H groups in total. The molecule has 14 heavy (non-hydrogen) atoms. The summed E-state index contributed by atoms with van der Waals surface area (Å²) in [6.45, 7) is 10.8. The van der Waals surface area contributed by atoms with E-state index in [1.807, 2.05) is 13.0 Å². The summed E-state index contributed by atoms with van der Waals surface area (Å²) in [7, 11) is 0. The van der Waals surface area contributed by atoms with Gasteiger partial charge in [0.25, 0.3) is 0 Å². The third kappa shape index (κ3) is 3.37. The molecular formula is C11H20N2O. The van der Waals surface area contributed by atoms with E-state index in [0.29, 0.717) is 12.5 Å². The lowest BCUT2D eigenvalue weighted by molar-refractivity contribution is -0.137. The first-order chi connectivity index (χ1) is 6.35. The van der Waals surface area contributed by atoms with Crippen molar-refractivity contribution in [1.82, 2.24) is 4.90 Å². The molecule has 0 aromatic heterocycles. The van der Waals surface area contributed by atoms with Crippen LogP contribution in [0.2, 0.25) is 0 Å². The molecule has 0 radical (unpaired) electrons. The van der Waals surface area contributed by atoms with Crippen molar-refractivity contribution < 1.29 is 4.79 Å². The molecule has 0 saturated heterocycles. The molecular weight excluding hydrogens is 176 g/mol. The standard InChI is InChI=1S/C11H20N2O/c1-6-13(7-9(2)3)10(14)11(4,5)8-12/h9H,6-7H2,1-5H3. The highest BCUT2D eigenvalue weighted by Gasteiger charge is 2.31. The molecule has 0 heterocycles. The number of carbonyl (C=O) groups is 1. The first-order valence-corrected chi connectivity index (χ1v) is 5.05. The van der Waals surface area contributed by atoms with Crippen molar-refractivity contribution in [2.45, 2.75) is 34.6 Å². The summed E-state index contributed by atoms with van der Waals surface area (Å²) in [6.07, 6.45) is 0. The Kier molecular flexibility index (Phi) is 4.62. The second kappa shape index (κ2) is 4.99. The highest BCUT2D eigenvalue weighted by Crippen LogP contribution is 2.18. The zero-order valence-corrected chi connectivity index (χ0v) is 9.79. The van der Waals surface area contributed by atoms with Crippen LogP contribution in [0.4, 0.5) is 0 Å². The number of amides is 1.